The number of carbonyl (C=O) groups is 2. The summed E-state index contributed by atoms with van der Waals surface area (Å²) >= 11 is 0. The van der Waals surface area contributed by atoms with E-state index in [4.69, 9.17) is 5.73 Å². The smallest absolute Gasteiger partial charge is 0.368 e. The molecule has 4 N–H and O–H groups in total. The lowest BCUT2D eigenvalue weighted by molar-refractivity contribution is -0.137. The van der Waals surface area contributed by atoms with Crippen molar-refractivity contribution in [1.82, 2.24) is 10.3 Å². The van der Waals surface area contributed by atoms with E-state index in [0.717, 1.165) is 34.7 Å². The molecular formula is C19H16F3N3O2. The molecule has 0 radical (unpaired) electrons. The fourth-order valence-corrected chi connectivity index (χ4v) is 2.82. The number of fused-ring (bicyclic) bond motifs is 1. The average Bonchev–Trinajstić information content (AvgIpc) is 3.03. The number of hydrogen-bond acceptors (Lipinski definition) is 2. The summed E-state index contributed by atoms with van der Waals surface area (Å²) in [5.74, 6) is -1.58. The molecular weight excluding hydrogens is 359 g/mol. The number of aromatic amines is 1. The number of aromatic nitrogens is 1. The number of amides is 2. The summed E-state index contributed by atoms with van der Waals surface area (Å²) in [6.45, 7) is 0. The lowest BCUT2D eigenvalue weighted by atomic mass is 10.0. The lowest BCUT2D eigenvalue weighted by Gasteiger charge is -2.16. The van der Waals surface area contributed by atoms with Gasteiger partial charge in [-0.25, -0.2) is 0 Å². The molecule has 5 nitrogen and oxygen atoms in total. The minimum atomic E-state index is -4.57. The first-order chi connectivity index (χ1) is 12.8. The fraction of sp³-hybridized carbons (Fsp3) is 0.158. The van der Waals surface area contributed by atoms with Gasteiger partial charge in [-0.1, -0.05) is 24.3 Å². The Morgan fingerprint density at radius 3 is 2.56 bits per heavy atom. The van der Waals surface area contributed by atoms with E-state index < -0.39 is 29.6 Å². The molecule has 3 aromatic rings. The number of nitrogens with one attached hydrogen (secondary N) is 2. The number of carbonyl (C=O) groups excluding carboxylic acids is 2. The quantitative estimate of drug-likeness (QED) is 0.640. The van der Waals surface area contributed by atoms with Gasteiger partial charge in [0.15, 0.2) is 0 Å². The number of rotatable bonds is 5. The molecule has 0 saturated carbocycles. The van der Waals surface area contributed by atoms with Crippen LogP contribution >= 0.6 is 0 Å². The monoisotopic (exact) mass is 375 g/mol. The molecule has 27 heavy (non-hydrogen) atoms. The molecule has 0 spiro atoms. The molecule has 0 fully saturated rings. The van der Waals surface area contributed by atoms with Gasteiger partial charge in [0.05, 0.1) is 5.56 Å². The van der Waals surface area contributed by atoms with E-state index in [-0.39, 0.29) is 12.0 Å². The van der Waals surface area contributed by atoms with Crippen LogP contribution in [0, 0.1) is 0 Å². The molecule has 0 aliphatic rings. The first kappa shape index (κ1) is 18.5. The number of alkyl halides is 3. The van der Waals surface area contributed by atoms with Gasteiger partial charge >= 0.3 is 6.18 Å². The van der Waals surface area contributed by atoms with E-state index in [9.17, 15) is 22.8 Å². The Labute approximate surface area is 152 Å². The van der Waals surface area contributed by atoms with Gasteiger partial charge < -0.3 is 16.0 Å². The molecule has 2 aromatic carbocycles. The van der Waals surface area contributed by atoms with Crippen LogP contribution in [0.25, 0.3) is 10.9 Å². The maximum atomic E-state index is 12.8. The predicted octanol–water partition coefficient (Wildman–Crippen LogP) is 3.01. The minimum absolute atomic E-state index is 0.115. The molecule has 8 heteroatoms. The van der Waals surface area contributed by atoms with Crippen LogP contribution in [0.1, 0.15) is 21.5 Å². The van der Waals surface area contributed by atoms with Gasteiger partial charge in [0, 0.05) is 29.1 Å². The summed E-state index contributed by atoms with van der Waals surface area (Å²) in [5.41, 5.74) is 5.86. The number of primary amides is 1. The van der Waals surface area contributed by atoms with Crippen LogP contribution in [-0.4, -0.2) is 22.8 Å². The van der Waals surface area contributed by atoms with Crippen molar-refractivity contribution in [2.45, 2.75) is 18.6 Å². The second-order valence-corrected chi connectivity index (χ2v) is 6.07. The van der Waals surface area contributed by atoms with Gasteiger partial charge in [-0.2, -0.15) is 13.2 Å². The largest absolute Gasteiger partial charge is 0.416 e. The Hall–Kier alpha value is -3.29. The summed E-state index contributed by atoms with van der Waals surface area (Å²) in [4.78, 5) is 27.2. The van der Waals surface area contributed by atoms with Gasteiger partial charge in [-0.15, -0.1) is 0 Å². The normalized spacial score (nSPS) is 12.7. The van der Waals surface area contributed by atoms with Crippen LogP contribution in [0.4, 0.5) is 13.2 Å². The Morgan fingerprint density at radius 1 is 1.11 bits per heavy atom. The first-order valence-electron chi connectivity index (χ1n) is 8.08. The molecule has 2 amide bonds. The average molecular weight is 375 g/mol. The van der Waals surface area contributed by atoms with E-state index in [1.54, 1.807) is 6.20 Å². The minimum Gasteiger partial charge on any atom is -0.368 e. The number of nitrogens with two attached hydrogens (primary N) is 1. The second kappa shape index (κ2) is 7.14. The van der Waals surface area contributed by atoms with Gasteiger partial charge in [0.25, 0.3) is 5.91 Å². The molecule has 0 aliphatic carbocycles. The van der Waals surface area contributed by atoms with Crippen molar-refractivity contribution in [2.24, 2.45) is 5.73 Å². The fourth-order valence-electron chi connectivity index (χ4n) is 2.82. The number of benzene rings is 2. The van der Waals surface area contributed by atoms with Crippen molar-refractivity contribution >= 4 is 22.7 Å². The number of para-hydroxylation sites is 1. The topological polar surface area (TPSA) is 88.0 Å². The standard InChI is InChI=1S/C19H16F3N3O2/c20-19(21,22)13-5-3-4-11(8-13)18(27)25-16(17(23)26)9-12-10-24-15-7-2-1-6-14(12)15/h1-8,10,16,24H,9H2,(H2,23,26)(H,25,27)/t16-/m1/s1. The van der Waals surface area contributed by atoms with Crippen molar-refractivity contribution < 1.29 is 22.8 Å². The summed E-state index contributed by atoms with van der Waals surface area (Å²) < 4.78 is 38.4. The van der Waals surface area contributed by atoms with Crippen LogP contribution in [0.15, 0.2) is 54.7 Å². The molecule has 140 valence electrons. The van der Waals surface area contributed by atoms with Gasteiger partial charge in [-0.3, -0.25) is 9.59 Å². The third-order valence-corrected chi connectivity index (χ3v) is 4.20. The second-order valence-electron chi connectivity index (χ2n) is 6.07. The van der Waals surface area contributed by atoms with Crippen LogP contribution in [0.3, 0.4) is 0 Å². The summed E-state index contributed by atoms with van der Waals surface area (Å²) in [5, 5.41) is 3.29. The van der Waals surface area contributed by atoms with Gasteiger partial charge in [0.2, 0.25) is 5.91 Å². The molecule has 0 unspecified atom stereocenters. The highest BCUT2D eigenvalue weighted by Gasteiger charge is 2.31. The van der Waals surface area contributed by atoms with E-state index in [1.165, 1.54) is 6.07 Å². The van der Waals surface area contributed by atoms with Gasteiger partial charge in [0.1, 0.15) is 6.04 Å². The molecule has 0 aliphatic heterocycles. The van der Waals surface area contributed by atoms with E-state index >= 15 is 0 Å². The summed E-state index contributed by atoms with van der Waals surface area (Å²) in [6, 6.07) is 10.3. The summed E-state index contributed by atoms with van der Waals surface area (Å²) in [6.07, 6.45) is -2.75. The number of halogens is 3. The first-order valence-corrected chi connectivity index (χ1v) is 8.08. The van der Waals surface area contributed by atoms with Gasteiger partial charge in [-0.05, 0) is 29.8 Å². The van der Waals surface area contributed by atoms with Crippen molar-refractivity contribution in [3.8, 4) is 0 Å². The molecule has 1 heterocycles. The predicted molar refractivity (Wildman–Crippen MR) is 93.9 cm³/mol. The molecule has 0 bridgehead atoms. The molecule has 3 rings (SSSR count). The Morgan fingerprint density at radius 2 is 1.85 bits per heavy atom. The van der Waals surface area contributed by atoms with Crippen LogP contribution in [0.2, 0.25) is 0 Å². The van der Waals surface area contributed by atoms with Crippen LogP contribution in [0.5, 0.6) is 0 Å². The highest BCUT2D eigenvalue weighted by atomic mass is 19.4. The third-order valence-electron chi connectivity index (χ3n) is 4.20. The van der Waals surface area contributed by atoms with Crippen molar-refractivity contribution in [2.75, 3.05) is 0 Å². The highest BCUT2D eigenvalue weighted by molar-refractivity contribution is 5.97. The van der Waals surface area contributed by atoms with E-state index in [0.29, 0.717) is 0 Å². The highest BCUT2D eigenvalue weighted by Crippen LogP contribution is 2.29. The Bertz CT molecular complexity index is 995. The maximum Gasteiger partial charge on any atom is 0.416 e. The van der Waals surface area contributed by atoms with E-state index in [1.807, 2.05) is 24.3 Å². The molecule has 0 saturated heterocycles. The zero-order chi connectivity index (χ0) is 19.6. The Balaban J connectivity index is 1.80. The SMILES string of the molecule is NC(=O)[C@@H](Cc1c[nH]c2ccccc12)NC(=O)c1cccc(C(F)(F)F)c1. The Kier molecular flexibility index (Phi) is 4.89. The molecule has 1 aromatic heterocycles. The van der Waals surface area contributed by atoms with Crippen molar-refractivity contribution in [3.63, 3.8) is 0 Å². The number of hydrogen-bond donors (Lipinski definition) is 3. The summed E-state index contributed by atoms with van der Waals surface area (Å²) in [7, 11) is 0. The van der Waals surface area contributed by atoms with Crippen LogP contribution in [-0.2, 0) is 17.4 Å². The maximum absolute atomic E-state index is 12.8. The van der Waals surface area contributed by atoms with E-state index in [2.05, 4.69) is 10.3 Å². The zero-order valence-electron chi connectivity index (χ0n) is 14.0. The van der Waals surface area contributed by atoms with Crippen molar-refractivity contribution in [3.05, 3.63) is 71.4 Å². The van der Waals surface area contributed by atoms with Crippen LogP contribution < -0.4 is 11.1 Å². The third kappa shape index (κ3) is 4.11. The molecule has 1 atom stereocenters. The van der Waals surface area contributed by atoms with Crippen molar-refractivity contribution in [1.29, 1.82) is 0 Å². The zero-order valence-corrected chi connectivity index (χ0v) is 14.0. The lowest BCUT2D eigenvalue weighted by Crippen LogP contribution is -2.45. The number of H-pyrrole nitrogens is 1.